The summed E-state index contributed by atoms with van der Waals surface area (Å²) in [6, 6.07) is 9.71. The minimum Gasteiger partial charge on any atom is -0.444 e. The van der Waals surface area contributed by atoms with E-state index in [2.05, 4.69) is 5.32 Å². The molecule has 1 rings (SSSR count). The second-order valence-electron chi connectivity index (χ2n) is 5.89. The van der Waals surface area contributed by atoms with Gasteiger partial charge in [-0.05, 0) is 39.2 Å². The molecular weight excluding hydrogens is 266 g/mol. The molecule has 4 heteroatoms. The lowest BCUT2D eigenvalue weighted by atomic mass is 10.1. The number of benzene rings is 1. The molecule has 0 saturated carbocycles. The summed E-state index contributed by atoms with van der Waals surface area (Å²) in [5.74, 6) is 0. The maximum Gasteiger partial charge on any atom is 0.408 e. The summed E-state index contributed by atoms with van der Waals surface area (Å²) >= 11 is 0. The highest BCUT2D eigenvalue weighted by atomic mass is 16.6. The van der Waals surface area contributed by atoms with Crippen molar-refractivity contribution in [3.05, 3.63) is 42.0 Å². The Balaban J connectivity index is 2.63. The van der Waals surface area contributed by atoms with E-state index >= 15 is 0 Å². The van der Waals surface area contributed by atoms with E-state index in [9.17, 15) is 4.79 Å². The quantitative estimate of drug-likeness (QED) is 0.845. The molecule has 4 nitrogen and oxygen atoms in total. The average Bonchev–Trinajstić information content (AvgIpc) is 2.41. The smallest absolute Gasteiger partial charge is 0.408 e. The fraction of sp³-hybridized carbons (Fsp3) is 0.471. The topological polar surface area (TPSA) is 58.6 Å². The molecule has 0 heterocycles. The fourth-order valence-corrected chi connectivity index (χ4v) is 1.78. The van der Waals surface area contributed by atoms with Crippen LogP contribution in [0.15, 0.2) is 36.4 Å². The lowest BCUT2D eigenvalue weighted by Gasteiger charge is -2.22. The largest absolute Gasteiger partial charge is 0.444 e. The number of nitrogens with one attached hydrogen (secondary N) is 1. The van der Waals surface area contributed by atoms with E-state index in [-0.39, 0.29) is 12.6 Å². The van der Waals surface area contributed by atoms with Crippen LogP contribution in [0.2, 0.25) is 0 Å². The van der Waals surface area contributed by atoms with Crippen molar-refractivity contribution in [1.29, 1.82) is 0 Å². The predicted molar refractivity (Wildman–Crippen MR) is 85.0 cm³/mol. The first-order valence-corrected chi connectivity index (χ1v) is 7.24. The van der Waals surface area contributed by atoms with Gasteiger partial charge in [-0.2, -0.15) is 0 Å². The van der Waals surface area contributed by atoms with Crippen molar-refractivity contribution in [3.8, 4) is 0 Å². The molecule has 0 spiro atoms. The Hall–Kier alpha value is -1.81. The first kappa shape index (κ1) is 17.2. The van der Waals surface area contributed by atoms with E-state index in [4.69, 9.17) is 9.84 Å². The van der Waals surface area contributed by atoms with E-state index in [0.29, 0.717) is 12.8 Å². The van der Waals surface area contributed by atoms with Gasteiger partial charge in [0.1, 0.15) is 5.60 Å². The predicted octanol–water partition coefficient (Wildman–Crippen LogP) is 3.37. The first-order valence-electron chi connectivity index (χ1n) is 7.24. The number of ether oxygens (including phenoxy) is 1. The molecule has 0 bridgehead atoms. The van der Waals surface area contributed by atoms with Crippen LogP contribution in [-0.4, -0.2) is 29.4 Å². The van der Waals surface area contributed by atoms with Crippen LogP contribution in [0, 0.1) is 0 Å². The Morgan fingerprint density at radius 3 is 2.57 bits per heavy atom. The lowest BCUT2D eigenvalue weighted by molar-refractivity contribution is 0.0511. The number of alkyl carbamates (subject to hydrolysis) is 1. The molecule has 0 radical (unpaired) electrons. The van der Waals surface area contributed by atoms with Crippen LogP contribution < -0.4 is 5.32 Å². The number of aliphatic hydroxyl groups excluding tert-OH is 1. The summed E-state index contributed by atoms with van der Waals surface area (Å²) in [5, 5.41) is 11.8. The van der Waals surface area contributed by atoms with Gasteiger partial charge in [0.15, 0.2) is 0 Å². The van der Waals surface area contributed by atoms with Crippen LogP contribution in [0.4, 0.5) is 4.79 Å². The van der Waals surface area contributed by atoms with Gasteiger partial charge in [0.2, 0.25) is 0 Å². The highest BCUT2D eigenvalue weighted by molar-refractivity contribution is 5.68. The number of hydrogen-bond donors (Lipinski definition) is 2. The zero-order chi connectivity index (χ0) is 15.7. The van der Waals surface area contributed by atoms with Crippen molar-refractivity contribution in [2.45, 2.75) is 45.3 Å². The van der Waals surface area contributed by atoms with E-state index in [1.807, 2.05) is 63.3 Å². The molecular formula is C17H25NO3. The minimum atomic E-state index is -0.519. The Morgan fingerprint density at radius 2 is 2.00 bits per heavy atom. The molecule has 21 heavy (non-hydrogen) atoms. The molecule has 0 aliphatic heterocycles. The van der Waals surface area contributed by atoms with Crippen molar-refractivity contribution in [1.82, 2.24) is 5.32 Å². The third kappa shape index (κ3) is 8.15. The minimum absolute atomic E-state index is 0.103. The number of carbonyl (C=O) groups is 1. The van der Waals surface area contributed by atoms with Gasteiger partial charge >= 0.3 is 6.09 Å². The monoisotopic (exact) mass is 291 g/mol. The standard InChI is InChI=1S/C17H25NO3/c1-17(2,3)21-16(20)18-15(10-7-13-19)12-11-14-8-5-4-6-9-14/h4-6,8-9,11-12,15,19H,7,10,13H2,1-3H3,(H,18,20)/b12-11+/t15-/m0/s1. The number of hydrogen-bond acceptors (Lipinski definition) is 3. The Bertz CT molecular complexity index is 449. The Labute approximate surface area is 126 Å². The summed E-state index contributed by atoms with van der Waals surface area (Å²) in [5.41, 5.74) is 0.548. The zero-order valence-corrected chi connectivity index (χ0v) is 13.0. The van der Waals surface area contributed by atoms with Gasteiger partial charge in [0.05, 0.1) is 6.04 Å². The van der Waals surface area contributed by atoms with Gasteiger partial charge in [-0.15, -0.1) is 0 Å². The molecule has 0 unspecified atom stereocenters. The van der Waals surface area contributed by atoms with E-state index in [0.717, 1.165) is 5.56 Å². The van der Waals surface area contributed by atoms with Crippen LogP contribution in [0.3, 0.4) is 0 Å². The van der Waals surface area contributed by atoms with Gasteiger partial charge < -0.3 is 15.2 Å². The second-order valence-corrected chi connectivity index (χ2v) is 5.89. The van der Waals surface area contributed by atoms with Gasteiger partial charge in [-0.25, -0.2) is 4.79 Å². The third-order valence-corrected chi connectivity index (χ3v) is 2.70. The van der Waals surface area contributed by atoms with Crippen molar-refractivity contribution in [2.24, 2.45) is 0 Å². The van der Waals surface area contributed by atoms with Crippen molar-refractivity contribution in [3.63, 3.8) is 0 Å². The summed E-state index contributed by atoms with van der Waals surface area (Å²) in [4.78, 5) is 11.8. The Morgan fingerprint density at radius 1 is 1.33 bits per heavy atom. The van der Waals surface area contributed by atoms with Gasteiger partial charge in [-0.3, -0.25) is 0 Å². The maximum atomic E-state index is 11.8. The van der Waals surface area contributed by atoms with Crippen LogP contribution >= 0.6 is 0 Å². The summed E-state index contributed by atoms with van der Waals surface area (Å²) in [7, 11) is 0. The molecule has 0 aliphatic rings. The highest BCUT2D eigenvalue weighted by Gasteiger charge is 2.18. The second kappa shape index (κ2) is 8.47. The molecule has 1 amide bonds. The molecule has 2 N–H and O–H groups in total. The molecule has 0 saturated heterocycles. The normalized spacial score (nSPS) is 13.1. The number of aliphatic hydroxyl groups is 1. The molecule has 116 valence electrons. The molecule has 1 aromatic carbocycles. The molecule has 1 atom stereocenters. The van der Waals surface area contributed by atoms with Crippen LogP contribution in [0.25, 0.3) is 6.08 Å². The zero-order valence-electron chi connectivity index (χ0n) is 13.0. The van der Waals surface area contributed by atoms with Crippen molar-refractivity contribution >= 4 is 12.2 Å². The van der Waals surface area contributed by atoms with Crippen LogP contribution in [0.5, 0.6) is 0 Å². The number of rotatable bonds is 6. The van der Waals surface area contributed by atoms with Gasteiger partial charge in [0, 0.05) is 6.61 Å². The average molecular weight is 291 g/mol. The van der Waals surface area contributed by atoms with E-state index in [1.54, 1.807) is 0 Å². The molecule has 0 fully saturated rings. The van der Waals surface area contributed by atoms with Crippen LogP contribution in [0.1, 0.15) is 39.2 Å². The van der Waals surface area contributed by atoms with Gasteiger partial charge in [-0.1, -0.05) is 42.5 Å². The maximum absolute atomic E-state index is 11.8. The molecule has 1 aromatic rings. The summed E-state index contributed by atoms with van der Waals surface area (Å²) in [6.07, 6.45) is 4.73. The van der Waals surface area contributed by atoms with Crippen molar-refractivity contribution in [2.75, 3.05) is 6.61 Å². The molecule has 0 aromatic heterocycles. The molecule has 0 aliphatic carbocycles. The van der Waals surface area contributed by atoms with Crippen LogP contribution in [-0.2, 0) is 4.74 Å². The lowest BCUT2D eigenvalue weighted by Crippen LogP contribution is -2.38. The summed E-state index contributed by atoms with van der Waals surface area (Å²) < 4.78 is 5.25. The van der Waals surface area contributed by atoms with Crippen molar-refractivity contribution < 1.29 is 14.6 Å². The number of carbonyl (C=O) groups excluding carboxylic acids is 1. The van der Waals surface area contributed by atoms with E-state index in [1.165, 1.54) is 0 Å². The SMILES string of the molecule is CC(C)(C)OC(=O)N[C@H](/C=C/c1ccccc1)CCCO. The highest BCUT2D eigenvalue weighted by Crippen LogP contribution is 2.09. The van der Waals surface area contributed by atoms with E-state index < -0.39 is 11.7 Å². The number of amides is 1. The third-order valence-electron chi connectivity index (χ3n) is 2.70. The Kier molecular flexibility index (Phi) is 6.96. The first-order chi connectivity index (χ1) is 9.90. The fourth-order valence-electron chi connectivity index (χ4n) is 1.78. The summed E-state index contributed by atoms with van der Waals surface area (Å²) in [6.45, 7) is 5.59. The van der Waals surface area contributed by atoms with Gasteiger partial charge in [0.25, 0.3) is 0 Å².